The van der Waals surface area contributed by atoms with Gasteiger partial charge in [-0.2, -0.15) is 4.31 Å². The third kappa shape index (κ3) is 5.29. The fraction of sp³-hybridized carbons (Fsp3) is 0.588. The van der Waals surface area contributed by atoms with Gasteiger partial charge in [-0.25, -0.2) is 8.42 Å². The van der Waals surface area contributed by atoms with Gasteiger partial charge < -0.3 is 15.4 Å². The quantitative estimate of drug-likeness (QED) is 0.555. The first kappa shape index (κ1) is 19.9. The van der Waals surface area contributed by atoms with E-state index in [2.05, 4.69) is 17.6 Å². The van der Waals surface area contributed by atoms with Crippen LogP contribution in [-0.4, -0.2) is 44.6 Å². The van der Waals surface area contributed by atoms with Crippen LogP contribution in [0.15, 0.2) is 23.1 Å². The Bertz CT molecular complexity index is 686. The average Bonchev–Trinajstić information content (AvgIpc) is 2.62. The van der Waals surface area contributed by atoms with E-state index in [-0.39, 0.29) is 4.90 Å². The van der Waals surface area contributed by atoms with E-state index < -0.39 is 10.0 Å². The third-order valence-electron chi connectivity index (χ3n) is 4.19. The van der Waals surface area contributed by atoms with Crippen LogP contribution >= 0.6 is 12.2 Å². The molecule has 0 bridgehead atoms. The zero-order chi connectivity index (χ0) is 18.3. The van der Waals surface area contributed by atoms with E-state index in [0.29, 0.717) is 29.6 Å². The molecule has 1 aromatic rings. The van der Waals surface area contributed by atoms with Gasteiger partial charge in [0.2, 0.25) is 10.0 Å². The third-order valence-corrected chi connectivity index (χ3v) is 6.33. The minimum atomic E-state index is -3.49. The number of ether oxygens (including phenoxy) is 1. The van der Waals surface area contributed by atoms with Crippen LogP contribution in [-0.2, 0) is 10.0 Å². The largest absolute Gasteiger partial charge is 0.495 e. The van der Waals surface area contributed by atoms with Gasteiger partial charge in [0, 0.05) is 19.6 Å². The molecule has 1 saturated heterocycles. The lowest BCUT2D eigenvalue weighted by Crippen LogP contribution is -2.35. The standard InChI is InChI=1S/C17H27N3O3S2/c1-3-4-10-18-17(24)19-15-13-14(8-9-16(15)23-2)25(21,22)20-11-6-5-7-12-20/h8-9,13H,3-7,10-12H2,1-2H3,(H2,18,19,24). The Morgan fingerprint density at radius 2 is 2.00 bits per heavy atom. The Morgan fingerprint density at radius 1 is 1.28 bits per heavy atom. The van der Waals surface area contributed by atoms with E-state index in [1.165, 1.54) is 0 Å². The summed E-state index contributed by atoms with van der Waals surface area (Å²) in [6, 6.07) is 4.84. The Balaban J connectivity index is 2.19. The zero-order valence-electron chi connectivity index (χ0n) is 14.9. The maximum Gasteiger partial charge on any atom is 0.243 e. The summed E-state index contributed by atoms with van der Waals surface area (Å²) in [6.07, 6.45) is 4.99. The molecule has 1 aliphatic rings. The number of nitrogens with one attached hydrogen (secondary N) is 2. The molecule has 2 rings (SSSR count). The predicted molar refractivity (Wildman–Crippen MR) is 105 cm³/mol. The van der Waals surface area contributed by atoms with Crippen molar-refractivity contribution in [2.45, 2.75) is 43.9 Å². The minimum absolute atomic E-state index is 0.258. The van der Waals surface area contributed by atoms with Gasteiger partial charge in [-0.15, -0.1) is 0 Å². The molecule has 140 valence electrons. The monoisotopic (exact) mass is 385 g/mol. The Hall–Kier alpha value is -1.38. The van der Waals surface area contributed by atoms with E-state index >= 15 is 0 Å². The van der Waals surface area contributed by atoms with Crippen molar-refractivity contribution < 1.29 is 13.2 Å². The van der Waals surface area contributed by atoms with Gasteiger partial charge in [-0.3, -0.25) is 0 Å². The summed E-state index contributed by atoms with van der Waals surface area (Å²) in [5, 5.41) is 6.62. The molecule has 25 heavy (non-hydrogen) atoms. The molecule has 1 heterocycles. The molecule has 0 amide bonds. The first-order chi connectivity index (χ1) is 12.0. The molecular formula is C17H27N3O3S2. The molecule has 0 spiro atoms. The van der Waals surface area contributed by atoms with Crippen LogP contribution in [0.2, 0.25) is 0 Å². The number of unbranched alkanes of at least 4 members (excludes halogenated alkanes) is 1. The average molecular weight is 386 g/mol. The highest BCUT2D eigenvalue weighted by atomic mass is 32.2. The second kappa shape index (κ2) is 9.35. The van der Waals surface area contributed by atoms with E-state index in [0.717, 1.165) is 38.6 Å². The molecule has 8 heteroatoms. The molecule has 1 fully saturated rings. The molecule has 2 N–H and O–H groups in total. The lowest BCUT2D eigenvalue weighted by atomic mass is 10.2. The highest BCUT2D eigenvalue weighted by Gasteiger charge is 2.26. The maximum atomic E-state index is 12.8. The van der Waals surface area contributed by atoms with Crippen molar-refractivity contribution in [2.24, 2.45) is 0 Å². The van der Waals surface area contributed by atoms with Crippen LogP contribution in [0, 0.1) is 0 Å². The molecule has 0 aliphatic carbocycles. The number of benzene rings is 1. The smallest absolute Gasteiger partial charge is 0.243 e. The minimum Gasteiger partial charge on any atom is -0.495 e. The van der Waals surface area contributed by atoms with Crippen molar-refractivity contribution >= 4 is 33.0 Å². The van der Waals surface area contributed by atoms with Crippen molar-refractivity contribution in [3.63, 3.8) is 0 Å². The highest BCUT2D eigenvalue weighted by Crippen LogP contribution is 2.29. The second-order valence-electron chi connectivity index (χ2n) is 6.06. The van der Waals surface area contributed by atoms with Gasteiger partial charge in [0.15, 0.2) is 5.11 Å². The number of hydrogen-bond acceptors (Lipinski definition) is 4. The first-order valence-electron chi connectivity index (χ1n) is 8.72. The summed E-state index contributed by atoms with van der Waals surface area (Å²) < 4.78 is 32.6. The van der Waals surface area contributed by atoms with Crippen LogP contribution < -0.4 is 15.4 Å². The van der Waals surface area contributed by atoms with Crippen molar-refractivity contribution in [2.75, 3.05) is 32.1 Å². The summed E-state index contributed by atoms with van der Waals surface area (Å²) in [6.45, 7) is 4.04. The molecule has 0 radical (unpaired) electrons. The molecule has 0 aromatic heterocycles. The molecule has 1 aliphatic heterocycles. The van der Waals surface area contributed by atoms with Gasteiger partial charge >= 0.3 is 0 Å². The van der Waals surface area contributed by atoms with E-state index in [1.54, 1.807) is 29.6 Å². The van der Waals surface area contributed by atoms with Gasteiger partial charge in [0.25, 0.3) is 0 Å². The summed E-state index contributed by atoms with van der Waals surface area (Å²) >= 11 is 5.28. The van der Waals surface area contributed by atoms with Crippen molar-refractivity contribution in [3.8, 4) is 5.75 Å². The first-order valence-corrected chi connectivity index (χ1v) is 10.6. The predicted octanol–water partition coefficient (Wildman–Crippen LogP) is 2.96. The van der Waals surface area contributed by atoms with Crippen molar-refractivity contribution in [1.29, 1.82) is 0 Å². The zero-order valence-corrected chi connectivity index (χ0v) is 16.5. The van der Waals surface area contributed by atoms with Gasteiger partial charge in [-0.1, -0.05) is 19.8 Å². The molecule has 0 saturated carbocycles. The van der Waals surface area contributed by atoms with E-state index in [4.69, 9.17) is 17.0 Å². The summed E-state index contributed by atoms with van der Waals surface area (Å²) in [5.41, 5.74) is 0.551. The summed E-state index contributed by atoms with van der Waals surface area (Å²) in [4.78, 5) is 0.258. The number of methoxy groups -OCH3 is 1. The van der Waals surface area contributed by atoms with Gasteiger partial charge in [-0.05, 0) is 49.7 Å². The van der Waals surface area contributed by atoms with Crippen LogP contribution in [0.5, 0.6) is 5.75 Å². The molecule has 0 unspecified atom stereocenters. The van der Waals surface area contributed by atoms with Crippen LogP contribution in [0.1, 0.15) is 39.0 Å². The Morgan fingerprint density at radius 3 is 2.64 bits per heavy atom. The number of anilines is 1. The van der Waals surface area contributed by atoms with Crippen LogP contribution in [0.3, 0.4) is 0 Å². The normalized spacial score (nSPS) is 15.6. The van der Waals surface area contributed by atoms with Gasteiger partial charge in [0.1, 0.15) is 5.75 Å². The molecular weight excluding hydrogens is 358 g/mol. The molecule has 1 aromatic carbocycles. The van der Waals surface area contributed by atoms with Crippen molar-refractivity contribution in [1.82, 2.24) is 9.62 Å². The van der Waals surface area contributed by atoms with E-state index in [1.807, 2.05) is 0 Å². The van der Waals surface area contributed by atoms with Crippen LogP contribution in [0.25, 0.3) is 0 Å². The lowest BCUT2D eigenvalue weighted by molar-refractivity contribution is 0.346. The Kier molecular flexibility index (Phi) is 7.46. The number of thiocarbonyl (C=S) groups is 1. The number of sulfonamides is 1. The second-order valence-corrected chi connectivity index (χ2v) is 8.41. The van der Waals surface area contributed by atoms with Gasteiger partial charge in [0.05, 0.1) is 17.7 Å². The topological polar surface area (TPSA) is 70.7 Å². The Labute approximate surface area is 156 Å². The molecule has 6 nitrogen and oxygen atoms in total. The molecule has 0 atom stereocenters. The fourth-order valence-corrected chi connectivity index (χ4v) is 4.50. The number of piperidine rings is 1. The number of hydrogen-bond donors (Lipinski definition) is 2. The van der Waals surface area contributed by atoms with Crippen molar-refractivity contribution in [3.05, 3.63) is 18.2 Å². The highest BCUT2D eigenvalue weighted by molar-refractivity contribution is 7.89. The lowest BCUT2D eigenvalue weighted by Gasteiger charge is -2.26. The van der Waals surface area contributed by atoms with E-state index in [9.17, 15) is 8.42 Å². The SMILES string of the molecule is CCCCNC(=S)Nc1cc(S(=O)(=O)N2CCCCC2)ccc1OC. The van der Waals surface area contributed by atoms with Crippen LogP contribution in [0.4, 0.5) is 5.69 Å². The maximum absolute atomic E-state index is 12.8. The summed E-state index contributed by atoms with van der Waals surface area (Å²) in [5.74, 6) is 0.553. The fourth-order valence-electron chi connectivity index (χ4n) is 2.74. The summed E-state index contributed by atoms with van der Waals surface area (Å²) in [7, 11) is -1.94. The number of rotatable bonds is 7. The number of nitrogens with zero attached hydrogens (tertiary/aromatic N) is 1.